The lowest BCUT2D eigenvalue weighted by atomic mass is 9.98. The van der Waals surface area contributed by atoms with Crippen LogP contribution in [0.3, 0.4) is 0 Å². The number of rotatable bonds is 1. The molecule has 17 heavy (non-hydrogen) atoms. The summed E-state index contributed by atoms with van der Waals surface area (Å²) < 4.78 is 3.54. The Balaban J connectivity index is 2.31. The molecule has 1 aliphatic carbocycles. The Bertz CT molecular complexity index is 621. The average molecular weight is 231 g/mol. The quantitative estimate of drug-likeness (QED) is 0.752. The van der Waals surface area contributed by atoms with Gasteiger partial charge in [0, 0.05) is 11.7 Å². The predicted octanol–water partition coefficient (Wildman–Crippen LogP) is 1.96. The van der Waals surface area contributed by atoms with E-state index in [-0.39, 0.29) is 11.6 Å². The molecule has 90 valence electrons. The lowest BCUT2D eigenvalue weighted by molar-refractivity contribution is 0.553. The first kappa shape index (κ1) is 10.6. The molecule has 0 atom stereocenters. The standard InChI is InChI=1S/C13H17N3O/c1-9(2)15-8-14-16-11-6-4-3-5-10(11)7-12(16)13(15)17/h7-9H,3-6H2,1-2H3. The molecule has 0 saturated carbocycles. The van der Waals surface area contributed by atoms with E-state index >= 15 is 0 Å². The zero-order valence-corrected chi connectivity index (χ0v) is 10.3. The van der Waals surface area contributed by atoms with E-state index in [1.165, 1.54) is 24.1 Å². The molecule has 0 unspecified atom stereocenters. The van der Waals surface area contributed by atoms with Gasteiger partial charge in [0.15, 0.2) is 0 Å². The Labute approximate surface area is 99.9 Å². The smallest absolute Gasteiger partial charge is 0.277 e. The molecule has 0 fully saturated rings. The van der Waals surface area contributed by atoms with Crippen molar-refractivity contribution in [2.45, 2.75) is 45.6 Å². The molecule has 0 N–H and O–H groups in total. The van der Waals surface area contributed by atoms with Crippen molar-refractivity contribution < 1.29 is 0 Å². The zero-order chi connectivity index (χ0) is 12.0. The first-order valence-corrected chi connectivity index (χ1v) is 6.29. The lowest BCUT2D eigenvalue weighted by Gasteiger charge is -2.12. The van der Waals surface area contributed by atoms with Crippen LogP contribution in [0.15, 0.2) is 17.2 Å². The highest BCUT2D eigenvalue weighted by molar-refractivity contribution is 5.51. The van der Waals surface area contributed by atoms with Crippen LogP contribution in [0.5, 0.6) is 0 Å². The first-order chi connectivity index (χ1) is 8.18. The zero-order valence-electron chi connectivity index (χ0n) is 10.3. The van der Waals surface area contributed by atoms with Gasteiger partial charge in [-0.2, -0.15) is 5.10 Å². The van der Waals surface area contributed by atoms with Gasteiger partial charge in [0.05, 0.1) is 0 Å². The van der Waals surface area contributed by atoms with Crippen LogP contribution in [-0.4, -0.2) is 14.2 Å². The van der Waals surface area contributed by atoms with E-state index in [2.05, 4.69) is 5.10 Å². The molecule has 2 aromatic heterocycles. The van der Waals surface area contributed by atoms with E-state index in [0.29, 0.717) is 0 Å². The predicted molar refractivity (Wildman–Crippen MR) is 66.5 cm³/mol. The fourth-order valence-corrected chi connectivity index (χ4v) is 2.63. The van der Waals surface area contributed by atoms with E-state index in [1.54, 1.807) is 10.9 Å². The van der Waals surface area contributed by atoms with E-state index in [9.17, 15) is 4.79 Å². The highest BCUT2D eigenvalue weighted by Gasteiger charge is 2.17. The molecule has 0 radical (unpaired) electrons. The van der Waals surface area contributed by atoms with Crippen LogP contribution in [0.25, 0.3) is 5.52 Å². The molecule has 4 heteroatoms. The van der Waals surface area contributed by atoms with Gasteiger partial charge in [-0.3, -0.25) is 9.36 Å². The van der Waals surface area contributed by atoms with Crippen molar-refractivity contribution in [2.24, 2.45) is 0 Å². The summed E-state index contributed by atoms with van der Waals surface area (Å²) in [5.74, 6) is 0. The fraction of sp³-hybridized carbons (Fsp3) is 0.538. The van der Waals surface area contributed by atoms with Crippen molar-refractivity contribution in [1.29, 1.82) is 0 Å². The molecule has 3 rings (SSSR count). The topological polar surface area (TPSA) is 39.3 Å². The normalized spacial score (nSPS) is 15.5. The summed E-state index contributed by atoms with van der Waals surface area (Å²) in [4.78, 5) is 12.3. The van der Waals surface area contributed by atoms with E-state index in [4.69, 9.17) is 0 Å². The fourth-order valence-electron chi connectivity index (χ4n) is 2.63. The number of hydrogen-bond donors (Lipinski definition) is 0. The number of aromatic nitrogens is 3. The molecule has 2 aromatic rings. The number of fused-ring (bicyclic) bond motifs is 3. The van der Waals surface area contributed by atoms with Gasteiger partial charge in [0.1, 0.15) is 11.8 Å². The maximum Gasteiger partial charge on any atom is 0.277 e. The van der Waals surface area contributed by atoms with Gasteiger partial charge in [0.25, 0.3) is 5.56 Å². The summed E-state index contributed by atoms with van der Waals surface area (Å²) in [7, 11) is 0. The van der Waals surface area contributed by atoms with Crippen molar-refractivity contribution in [1.82, 2.24) is 14.2 Å². The SMILES string of the molecule is CC(C)n1cnn2c3c(cc2c1=O)CCCC3. The van der Waals surface area contributed by atoms with Crippen molar-refractivity contribution in [3.8, 4) is 0 Å². The molecule has 4 nitrogen and oxygen atoms in total. The molecule has 0 amide bonds. The molecule has 0 saturated heterocycles. The minimum absolute atomic E-state index is 0.0735. The van der Waals surface area contributed by atoms with Gasteiger partial charge in [-0.05, 0) is 51.2 Å². The first-order valence-electron chi connectivity index (χ1n) is 6.29. The van der Waals surface area contributed by atoms with Gasteiger partial charge in [-0.1, -0.05) is 0 Å². The highest BCUT2D eigenvalue weighted by atomic mass is 16.1. The molecule has 2 heterocycles. The molecule has 0 spiro atoms. The summed E-state index contributed by atoms with van der Waals surface area (Å²) in [5, 5.41) is 4.42. The Morgan fingerprint density at radius 2 is 2.06 bits per heavy atom. The Kier molecular flexibility index (Phi) is 2.31. The molecular formula is C13H17N3O. The summed E-state index contributed by atoms with van der Waals surface area (Å²) in [6, 6.07) is 2.19. The average Bonchev–Trinajstić information content (AvgIpc) is 2.69. The minimum atomic E-state index is 0.0735. The third kappa shape index (κ3) is 1.51. The third-order valence-corrected chi connectivity index (χ3v) is 3.58. The van der Waals surface area contributed by atoms with Gasteiger partial charge in [-0.15, -0.1) is 0 Å². The second-order valence-electron chi connectivity index (χ2n) is 5.06. The molecular weight excluding hydrogens is 214 g/mol. The lowest BCUT2D eigenvalue weighted by Crippen LogP contribution is -2.24. The Morgan fingerprint density at radius 1 is 1.29 bits per heavy atom. The summed E-state index contributed by atoms with van der Waals surface area (Å²) in [6.07, 6.45) is 6.21. The van der Waals surface area contributed by atoms with Crippen LogP contribution < -0.4 is 5.56 Å². The second-order valence-corrected chi connectivity index (χ2v) is 5.06. The Hall–Kier alpha value is -1.58. The largest absolute Gasteiger partial charge is 0.293 e. The monoisotopic (exact) mass is 231 g/mol. The van der Waals surface area contributed by atoms with Crippen LogP contribution in [0, 0.1) is 0 Å². The van der Waals surface area contributed by atoms with Gasteiger partial charge >= 0.3 is 0 Å². The summed E-state index contributed by atoms with van der Waals surface area (Å²) >= 11 is 0. The van der Waals surface area contributed by atoms with Crippen LogP contribution in [-0.2, 0) is 12.8 Å². The van der Waals surface area contributed by atoms with Crippen LogP contribution in [0.1, 0.15) is 44.0 Å². The van der Waals surface area contributed by atoms with Crippen molar-refractivity contribution in [3.05, 3.63) is 34.0 Å². The maximum atomic E-state index is 12.3. The number of nitrogens with zero attached hydrogens (tertiary/aromatic N) is 3. The molecule has 0 bridgehead atoms. The second kappa shape index (κ2) is 3.72. The van der Waals surface area contributed by atoms with Crippen LogP contribution >= 0.6 is 0 Å². The van der Waals surface area contributed by atoms with E-state index in [0.717, 1.165) is 18.4 Å². The van der Waals surface area contributed by atoms with Crippen molar-refractivity contribution >= 4 is 5.52 Å². The summed E-state index contributed by atoms with van der Waals surface area (Å²) in [5.41, 5.74) is 3.35. The Morgan fingerprint density at radius 3 is 2.82 bits per heavy atom. The number of hydrogen-bond acceptors (Lipinski definition) is 2. The van der Waals surface area contributed by atoms with Crippen molar-refractivity contribution in [3.63, 3.8) is 0 Å². The molecule has 0 aliphatic heterocycles. The van der Waals surface area contributed by atoms with Crippen LogP contribution in [0.2, 0.25) is 0 Å². The molecule has 1 aliphatic rings. The highest BCUT2D eigenvalue weighted by Crippen LogP contribution is 2.23. The third-order valence-electron chi connectivity index (χ3n) is 3.58. The van der Waals surface area contributed by atoms with Gasteiger partial charge < -0.3 is 0 Å². The van der Waals surface area contributed by atoms with E-state index < -0.39 is 0 Å². The van der Waals surface area contributed by atoms with Gasteiger partial charge in [0.2, 0.25) is 0 Å². The van der Waals surface area contributed by atoms with Crippen LogP contribution in [0.4, 0.5) is 0 Å². The molecule has 0 aromatic carbocycles. The maximum absolute atomic E-state index is 12.3. The number of aryl methyl sites for hydroxylation is 2. The van der Waals surface area contributed by atoms with Crippen molar-refractivity contribution in [2.75, 3.05) is 0 Å². The van der Waals surface area contributed by atoms with E-state index in [1.807, 2.05) is 24.4 Å². The summed E-state index contributed by atoms with van der Waals surface area (Å²) in [6.45, 7) is 4.00. The van der Waals surface area contributed by atoms with Gasteiger partial charge in [-0.25, -0.2) is 4.52 Å². The minimum Gasteiger partial charge on any atom is -0.293 e.